The first-order chi connectivity index (χ1) is 10.1. The first-order valence-electron chi connectivity index (χ1n) is 6.08. The van der Waals surface area contributed by atoms with E-state index < -0.39 is 0 Å². The Labute approximate surface area is 125 Å². The molecule has 7 nitrogen and oxygen atoms in total. The van der Waals surface area contributed by atoms with Crippen molar-refractivity contribution in [2.24, 2.45) is 0 Å². The summed E-state index contributed by atoms with van der Waals surface area (Å²) in [5.41, 5.74) is 2.08. The Morgan fingerprint density at radius 1 is 1.38 bits per heavy atom. The van der Waals surface area contributed by atoms with Gasteiger partial charge in [-0.25, -0.2) is 4.98 Å². The summed E-state index contributed by atoms with van der Waals surface area (Å²) in [4.78, 5) is 24.6. The van der Waals surface area contributed by atoms with Crippen LogP contribution in [0.1, 0.15) is 16.2 Å². The van der Waals surface area contributed by atoms with Gasteiger partial charge in [-0.3, -0.25) is 14.8 Å². The minimum Gasteiger partial charge on any atom is -0.392 e. The second-order valence-electron chi connectivity index (χ2n) is 4.07. The van der Waals surface area contributed by atoms with Crippen LogP contribution in [0.15, 0.2) is 29.7 Å². The summed E-state index contributed by atoms with van der Waals surface area (Å²) in [6, 6.07) is 0. The van der Waals surface area contributed by atoms with Crippen LogP contribution < -0.4 is 10.6 Å². The molecule has 0 aliphatic rings. The van der Waals surface area contributed by atoms with Crippen molar-refractivity contribution in [1.82, 2.24) is 25.6 Å². The van der Waals surface area contributed by atoms with Gasteiger partial charge in [0.2, 0.25) is 0 Å². The molecule has 0 radical (unpaired) electrons. The van der Waals surface area contributed by atoms with Crippen molar-refractivity contribution in [2.75, 3.05) is 7.05 Å². The van der Waals surface area contributed by atoms with Gasteiger partial charge in [-0.05, 0) is 6.92 Å². The number of nitrogens with zero attached hydrogens (tertiary/aromatic N) is 3. The molecule has 2 aromatic rings. The smallest absolute Gasteiger partial charge is 0.275 e. The third kappa shape index (κ3) is 3.69. The van der Waals surface area contributed by atoms with Gasteiger partial charge >= 0.3 is 0 Å². The highest BCUT2D eigenvalue weighted by Gasteiger charge is 2.13. The SMILES string of the molecule is CN/C=C(\C=N)NC(=O)c1csc(-c2cnc(C)cn2)n1. The number of hydrogen-bond donors (Lipinski definition) is 3. The Morgan fingerprint density at radius 3 is 2.81 bits per heavy atom. The van der Waals surface area contributed by atoms with E-state index in [1.165, 1.54) is 17.5 Å². The summed E-state index contributed by atoms with van der Waals surface area (Å²) >= 11 is 1.32. The van der Waals surface area contributed by atoms with Gasteiger partial charge in [-0.1, -0.05) is 0 Å². The van der Waals surface area contributed by atoms with Crippen molar-refractivity contribution in [3.05, 3.63) is 41.1 Å². The molecule has 0 bridgehead atoms. The topological polar surface area (TPSA) is 104 Å². The van der Waals surface area contributed by atoms with Crippen LogP contribution in [0, 0.1) is 12.3 Å². The van der Waals surface area contributed by atoms with Crippen molar-refractivity contribution in [3.8, 4) is 10.7 Å². The highest BCUT2D eigenvalue weighted by Crippen LogP contribution is 2.21. The lowest BCUT2D eigenvalue weighted by molar-refractivity contribution is 0.0964. The predicted octanol–water partition coefficient (Wildman–Crippen LogP) is 1.35. The van der Waals surface area contributed by atoms with Crippen LogP contribution >= 0.6 is 11.3 Å². The summed E-state index contributed by atoms with van der Waals surface area (Å²) in [6.07, 6.45) is 5.84. The van der Waals surface area contributed by atoms with Crippen LogP contribution in [0.25, 0.3) is 10.7 Å². The molecule has 8 heteroatoms. The maximum absolute atomic E-state index is 12.0. The lowest BCUT2D eigenvalue weighted by atomic mass is 10.4. The average molecular weight is 302 g/mol. The van der Waals surface area contributed by atoms with E-state index in [4.69, 9.17) is 5.41 Å². The van der Waals surface area contributed by atoms with E-state index >= 15 is 0 Å². The average Bonchev–Trinajstić information content (AvgIpc) is 2.97. The summed E-state index contributed by atoms with van der Waals surface area (Å²) in [5.74, 6) is -0.373. The quantitative estimate of drug-likeness (QED) is 0.723. The number of nitrogens with one attached hydrogen (secondary N) is 3. The summed E-state index contributed by atoms with van der Waals surface area (Å²) < 4.78 is 0. The zero-order valence-electron chi connectivity index (χ0n) is 11.5. The molecule has 0 aliphatic carbocycles. The molecule has 2 rings (SSSR count). The maximum Gasteiger partial charge on any atom is 0.275 e. The Balaban J connectivity index is 2.16. The fourth-order valence-electron chi connectivity index (χ4n) is 1.46. The van der Waals surface area contributed by atoms with Gasteiger partial charge in [0.1, 0.15) is 16.4 Å². The van der Waals surface area contributed by atoms with E-state index in [0.717, 1.165) is 11.9 Å². The highest BCUT2D eigenvalue weighted by molar-refractivity contribution is 7.13. The second kappa shape index (κ2) is 6.71. The normalized spacial score (nSPS) is 11.0. The molecule has 0 unspecified atom stereocenters. The zero-order chi connectivity index (χ0) is 15.2. The standard InChI is InChI=1S/C13H14N6OS/c1-8-4-17-10(6-16-8)13-19-11(7-21-13)12(20)18-9(3-14)5-15-2/h3-7,14-15H,1-2H3,(H,18,20)/b9-5+,14-3?. The Hall–Kier alpha value is -2.61. The molecule has 0 saturated heterocycles. The molecular weight excluding hydrogens is 288 g/mol. The summed E-state index contributed by atoms with van der Waals surface area (Å²) in [5, 5.41) is 14.8. The number of carbonyl (C=O) groups is 1. The first-order valence-corrected chi connectivity index (χ1v) is 6.96. The maximum atomic E-state index is 12.0. The largest absolute Gasteiger partial charge is 0.392 e. The van der Waals surface area contributed by atoms with Gasteiger partial charge < -0.3 is 16.0 Å². The van der Waals surface area contributed by atoms with E-state index in [9.17, 15) is 4.79 Å². The number of hydrogen-bond acceptors (Lipinski definition) is 7. The van der Waals surface area contributed by atoms with Crippen LogP contribution in [0.4, 0.5) is 0 Å². The molecule has 1 amide bonds. The van der Waals surface area contributed by atoms with Crippen molar-refractivity contribution < 1.29 is 4.79 Å². The second-order valence-corrected chi connectivity index (χ2v) is 4.93. The van der Waals surface area contributed by atoms with E-state index in [0.29, 0.717) is 16.4 Å². The summed E-state index contributed by atoms with van der Waals surface area (Å²) in [6.45, 7) is 1.85. The molecule has 0 spiro atoms. The Morgan fingerprint density at radius 2 is 2.19 bits per heavy atom. The fraction of sp³-hybridized carbons (Fsp3) is 0.154. The number of carbonyl (C=O) groups excluding carboxylic acids is 1. The van der Waals surface area contributed by atoms with Gasteiger partial charge in [-0.2, -0.15) is 0 Å². The van der Waals surface area contributed by atoms with Crippen LogP contribution in [-0.4, -0.2) is 34.1 Å². The predicted molar refractivity (Wildman–Crippen MR) is 81.3 cm³/mol. The summed E-state index contributed by atoms with van der Waals surface area (Å²) in [7, 11) is 1.69. The molecular formula is C13H14N6OS. The van der Waals surface area contributed by atoms with E-state index in [-0.39, 0.29) is 11.6 Å². The molecule has 2 aromatic heterocycles. The Bertz CT molecular complexity index is 676. The van der Waals surface area contributed by atoms with Gasteiger partial charge in [0, 0.05) is 31.0 Å². The number of amides is 1. The van der Waals surface area contributed by atoms with Crippen LogP contribution in [0.2, 0.25) is 0 Å². The lowest BCUT2D eigenvalue weighted by Gasteiger charge is -2.02. The van der Waals surface area contributed by atoms with E-state index in [1.54, 1.807) is 24.8 Å². The van der Waals surface area contributed by atoms with Crippen LogP contribution in [-0.2, 0) is 0 Å². The van der Waals surface area contributed by atoms with Crippen molar-refractivity contribution in [3.63, 3.8) is 0 Å². The van der Waals surface area contributed by atoms with Crippen molar-refractivity contribution in [1.29, 1.82) is 5.41 Å². The number of aromatic nitrogens is 3. The molecule has 108 valence electrons. The van der Waals surface area contributed by atoms with E-state index in [2.05, 4.69) is 25.6 Å². The minimum absolute atomic E-state index is 0.279. The monoisotopic (exact) mass is 302 g/mol. The molecule has 0 saturated carbocycles. The van der Waals surface area contributed by atoms with Gasteiger partial charge in [0.15, 0.2) is 0 Å². The number of rotatable bonds is 5. The van der Waals surface area contributed by atoms with Gasteiger partial charge in [0.25, 0.3) is 5.91 Å². The van der Waals surface area contributed by atoms with Gasteiger partial charge in [-0.15, -0.1) is 11.3 Å². The Kier molecular flexibility index (Phi) is 4.72. The van der Waals surface area contributed by atoms with Gasteiger partial charge in [0.05, 0.1) is 17.6 Å². The minimum atomic E-state index is -0.373. The first kappa shape index (κ1) is 14.8. The molecule has 0 aromatic carbocycles. The number of allylic oxidation sites excluding steroid dienone is 1. The number of aryl methyl sites for hydroxylation is 1. The number of thiazole rings is 1. The van der Waals surface area contributed by atoms with Crippen LogP contribution in [0.3, 0.4) is 0 Å². The molecule has 2 heterocycles. The van der Waals surface area contributed by atoms with Crippen molar-refractivity contribution >= 4 is 23.5 Å². The fourth-order valence-corrected chi connectivity index (χ4v) is 2.22. The van der Waals surface area contributed by atoms with Crippen molar-refractivity contribution in [2.45, 2.75) is 6.92 Å². The molecule has 0 aliphatic heterocycles. The third-order valence-electron chi connectivity index (χ3n) is 2.45. The molecule has 0 atom stereocenters. The van der Waals surface area contributed by atoms with E-state index in [1.807, 2.05) is 6.92 Å². The zero-order valence-corrected chi connectivity index (χ0v) is 12.4. The highest BCUT2D eigenvalue weighted by atomic mass is 32.1. The molecule has 21 heavy (non-hydrogen) atoms. The van der Waals surface area contributed by atoms with Crippen LogP contribution in [0.5, 0.6) is 0 Å². The lowest BCUT2D eigenvalue weighted by Crippen LogP contribution is -2.24. The third-order valence-corrected chi connectivity index (χ3v) is 3.31. The molecule has 3 N–H and O–H groups in total. The molecule has 0 fully saturated rings.